The molecule has 11 heteroatoms. The molecule has 0 radical (unpaired) electrons. The Balaban J connectivity index is 1.56. The van der Waals surface area contributed by atoms with Crippen LogP contribution in [0.15, 0.2) is 48.5 Å². The first-order valence-corrected chi connectivity index (χ1v) is 12.1. The van der Waals surface area contributed by atoms with Crippen molar-refractivity contribution in [3.8, 4) is 0 Å². The van der Waals surface area contributed by atoms with Crippen molar-refractivity contribution in [3.63, 3.8) is 0 Å². The minimum absolute atomic E-state index is 0.0418. The molecule has 0 spiro atoms. The Bertz CT molecular complexity index is 1360. The van der Waals surface area contributed by atoms with Gasteiger partial charge in [-0.05, 0) is 56.2 Å². The molecular weight excluding hydrogens is 492 g/mol. The smallest absolute Gasteiger partial charge is 0.360 e. The molecule has 0 bridgehead atoms. The van der Waals surface area contributed by atoms with E-state index in [-0.39, 0.29) is 37.0 Å². The van der Waals surface area contributed by atoms with Crippen LogP contribution in [0.3, 0.4) is 0 Å². The highest BCUT2D eigenvalue weighted by atomic mass is 16.5. The zero-order valence-electron chi connectivity index (χ0n) is 21.3. The number of fused-ring (bicyclic) bond motifs is 1. The standard InChI is InChI=1S/C27H28N4O7/c1-4-38-27(35)22-23(30-20-8-6-5-7-19(20)29-22)28-18-11-9-16(10-12-18)24(32)31-14-13-17(25(33)36-2)15-21(31)26(34)37-3/h5-12,17,21H,4,13-15H2,1-3H3,(H,28,30). The number of likely N-dealkylation sites (tertiary alicyclic amines) is 1. The molecule has 1 aliphatic rings. The number of hydrogen-bond acceptors (Lipinski definition) is 10. The van der Waals surface area contributed by atoms with E-state index in [1.165, 1.54) is 19.1 Å². The van der Waals surface area contributed by atoms with Gasteiger partial charge in [0.1, 0.15) is 6.04 Å². The topological polar surface area (TPSA) is 137 Å². The fourth-order valence-corrected chi connectivity index (χ4v) is 4.38. The Morgan fingerprint density at radius 1 is 0.947 bits per heavy atom. The van der Waals surface area contributed by atoms with E-state index in [0.29, 0.717) is 28.7 Å². The summed E-state index contributed by atoms with van der Waals surface area (Å²) in [4.78, 5) is 60.6. The molecule has 1 fully saturated rings. The summed E-state index contributed by atoms with van der Waals surface area (Å²) in [5.41, 5.74) is 2.10. The molecule has 1 N–H and O–H groups in total. The van der Waals surface area contributed by atoms with E-state index in [1.807, 2.05) is 6.07 Å². The number of rotatable bonds is 7. The molecular formula is C27H28N4O7. The van der Waals surface area contributed by atoms with Crippen LogP contribution in [-0.4, -0.2) is 72.1 Å². The highest BCUT2D eigenvalue weighted by Crippen LogP contribution is 2.28. The molecule has 1 saturated heterocycles. The number of piperidine rings is 1. The molecule has 2 unspecified atom stereocenters. The Morgan fingerprint density at radius 2 is 1.61 bits per heavy atom. The first-order valence-electron chi connectivity index (χ1n) is 12.1. The minimum Gasteiger partial charge on any atom is -0.469 e. The number of aromatic nitrogens is 2. The van der Waals surface area contributed by atoms with E-state index < -0.39 is 29.9 Å². The maximum atomic E-state index is 13.3. The quantitative estimate of drug-likeness (QED) is 0.365. The van der Waals surface area contributed by atoms with E-state index in [4.69, 9.17) is 14.2 Å². The molecule has 198 valence electrons. The van der Waals surface area contributed by atoms with Gasteiger partial charge >= 0.3 is 17.9 Å². The monoisotopic (exact) mass is 520 g/mol. The van der Waals surface area contributed by atoms with E-state index >= 15 is 0 Å². The summed E-state index contributed by atoms with van der Waals surface area (Å²) in [5, 5.41) is 3.09. The summed E-state index contributed by atoms with van der Waals surface area (Å²) in [6, 6.07) is 12.8. The van der Waals surface area contributed by atoms with Gasteiger partial charge in [0.05, 0.1) is 37.8 Å². The van der Waals surface area contributed by atoms with Crippen molar-refractivity contribution in [3.05, 3.63) is 59.8 Å². The van der Waals surface area contributed by atoms with Crippen LogP contribution >= 0.6 is 0 Å². The number of methoxy groups -OCH3 is 2. The molecule has 2 atom stereocenters. The number of nitrogens with zero attached hydrogens (tertiary/aromatic N) is 3. The number of carbonyl (C=O) groups is 4. The third-order valence-corrected chi connectivity index (χ3v) is 6.31. The van der Waals surface area contributed by atoms with Gasteiger partial charge < -0.3 is 24.4 Å². The van der Waals surface area contributed by atoms with Gasteiger partial charge in [-0.15, -0.1) is 0 Å². The number of benzene rings is 2. The van der Waals surface area contributed by atoms with Gasteiger partial charge in [0.25, 0.3) is 5.91 Å². The molecule has 0 aliphatic carbocycles. The first kappa shape index (κ1) is 26.5. The Morgan fingerprint density at radius 3 is 2.24 bits per heavy atom. The van der Waals surface area contributed by atoms with Gasteiger partial charge in [0, 0.05) is 17.8 Å². The molecule has 2 aromatic carbocycles. The van der Waals surface area contributed by atoms with E-state index in [0.717, 1.165) is 0 Å². The molecule has 1 aromatic heterocycles. The lowest BCUT2D eigenvalue weighted by Crippen LogP contribution is -2.51. The fraction of sp³-hybridized carbons (Fsp3) is 0.333. The van der Waals surface area contributed by atoms with Gasteiger partial charge in [0.15, 0.2) is 11.5 Å². The highest BCUT2D eigenvalue weighted by Gasteiger charge is 2.40. The summed E-state index contributed by atoms with van der Waals surface area (Å²) in [5.74, 6) is -2.25. The van der Waals surface area contributed by atoms with E-state index in [1.54, 1.807) is 49.4 Å². The van der Waals surface area contributed by atoms with Crippen molar-refractivity contribution in [2.75, 3.05) is 32.7 Å². The molecule has 1 aliphatic heterocycles. The van der Waals surface area contributed by atoms with Crippen LogP contribution in [-0.2, 0) is 23.8 Å². The molecule has 0 saturated carbocycles. The van der Waals surface area contributed by atoms with Gasteiger partial charge in [-0.1, -0.05) is 12.1 Å². The van der Waals surface area contributed by atoms with Crippen LogP contribution in [0.25, 0.3) is 11.0 Å². The Labute approximate surface area is 219 Å². The van der Waals surface area contributed by atoms with Gasteiger partial charge in [-0.2, -0.15) is 0 Å². The van der Waals surface area contributed by atoms with Crippen molar-refractivity contribution in [2.24, 2.45) is 5.92 Å². The summed E-state index contributed by atoms with van der Waals surface area (Å²) < 4.78 is 14.8. The zero-order valence-corrected chi connectivity index (χ0v) is 21.3. The van der Waals surface area contributed by atoms with Crippen LogP contribution in [0.2, 0.25) is 0 Å². The van der Waals surface area contributed by atoms with Crippen molar-refractivity contribution >= 4 is 46.4 Å². The molecule has 3 aromatic rings. The Kier molecular flexibility index (Phi) is 8.15. The number of carbonyl (C=O) groups excluding carboxylic acids is 4. The lowest BCUT2D eigenvalue weighted by atomic mass is 9.90. The number of ether oxygens (including phenoxy) is 3. The first-order chi connectivity index (χ1) is 18.4. The minimum atomic E-state index is -0.900. The van der Waals surface area contributed by atoms with Gasteiger partial charge in [-0.25, -0.2) is 19.6 Å². The number of para-hydroxylation sites is 2. The summed E-state index contributed by atoms with van der Waals surface area (Å²) >= 11 is 0. The average molecular weight is 521 g/mol. The molecule has 4 rings (SSSR count). The zero-order chi connectivity index (χ0) is 27.2. The molecule has 2 heterocycles. The Hall–Kier alpha value is -4.54. The van der Waals surface area contributed by atoms with Crippen molar-refractivity contribution in [1.29, 1.82) is 0 Å². The third-order valence-electron chi connectivity index (χ3n) is 6.31. The van der Waals surface area contributed by atoms with Crippen molar-refractivity contribution < 1.29 is 33.4 Å². The maximum Gasteiger partial charge on any atom is 0.360 e. The van der Waals surface area contributed by atoms with E-state index in [2.05, 4.69) is 15.3 Å². The van der Waals surface area contributed by atoms with Crippen LogP contribution in [0.5, 0.6) is 0 Å². The number of esters is 3. The molecule has 38 heavy (non-hydrogen) atoms. The van der Waals surface area contributed by atoms with Crippen LogP contribution in [0, 0.1) is 5.92 Å². The summed E-state index contributed by atoms with van der Waals surface area (Å²) in [6.07, 6.45) is 0.505. The largest absolute Gasteiger partial charge is 0.469 e. The third kappa shape index (κ3) is 5.56. The van der Waals surface area contributed by atoms with Gasteiger partial charge in [0.2, 0.25) is 0 Å². The van der Waals surface area contributed by atoms with Gasteiger partial charge in [-0.3, -0.25) is 9.59 Å². The maximum absolute atomic E-state index is 13.3. The normalized spacial score (nSPS) is 17.0. The highest BCUT2D eigenvalue weighted by molar-refractivity contribution is 5.98. The summed E-state index contributed by atoms with van der Waals surface area (Å²) in [6.45, 7) is 2.10. The molecule has 1 amide bonds. The lowest BCUT2D eigenvalue weighted by molar-refractivity contribution is -0.153. The lowest BCUT2D eigenvalue weighted by Gasteiger charge is -2.36. The predicted octanol–water partition coefficient (Wildman–Crippen LogP) is 3.12. The number of hydrogen-bond donors (Lipinski definition) is 1. The SMILES string of the molecule is CCOC(=O)c1nc2ccccc2nc1Nc1ccc(C(=O)N2CCC(C(=O)OC)CC2C(=O)OC)cc1. The second-order valence-electron chi connectivity index (χ2n) is 8.61. The number of amides is 1. The van der Waals surface area contributed by atoms with E-state index in [9.17, 15) is 19.2 Å². The second-order valence-corrected chi connectivity index (χ2v) is 8.61. The number of anilines is 2. The molecule has 11 nitrogen and oxygen atoms in total. The van der Waals surface area contributed by atoms with Crippen molar-refractivity contribution in [1.82, 2.24) is 14.9 Å². The van der Waals surface area contributed by atoms with Crippen molar-refractivity contribution in [2.45, 2.75) is 25.8 Å². The number of nitrogens with one attached hydrogen (secondary N) is 1. The summed E-state index contributed by atoms with van der Waals surface area (Å²) in [7, 11) is 2.54. The van der Waals surface area contributed by atoms with Crippen LogP contribution in [0.4, 0.5) is 11.5 Å². The average Bonchev–Trinajstić information content (AvgIpc) is 2.95. The van der Waals surface area contributed by atoms with Crippen LogP contribution in [0.1, 0.15) is 40.6 Å². The van der Waals surface area contributed by atoms with Crippen LogP contribution < -0.4 is 5.32 Å². The fourth-order valence-electron chi connectivity index (χ4n) is 4.38. The predicted molar refractivity (Wildman–Crippen MR) is 137 cm³/mol. The second kappa shape index (κ2) is 11.7.